The second-order valence-electron chi connectivity index (χ2n) is 4.03. The third kappa shape index (κ3) is 2.47. The molecule has 0 aliphatic carbocycles. The van der Waals surface area contributed by atoms with Gasteiger partial charge in [0.2, 0.25) is 0 Å². The first-order valence-electron chi connectivity index (χ1n) is 5.91. The first kappa shape index (κ1) is 11.5. The molecule has 0 atom stereocenters. The number of nitrogens with zero attached hydrogens (tertiary/aromatic N) is 2. The lowest BCUT2D eigenvalue weighted by molar-refractivity contribution is 0.0957. The van der Waals surface area contributed by atoms with Crippen LogP contribution in [0.1, 0.15) is 10.4 Å². The van der Waals surface area contributed by atoms with E-state index in [1.165, 1.54) is 6.33 Å². The van der Waals surface area contributed by atoms with Crippen LogP contribution in [-0.2, 0) is 0 Å². The van der Waals surface area contributed by atoms with Gasteiger partial charge in [-0.3, -0.25) is 4.79 Å². The highest BCUT2D eigenvalue weighted by molar-refractivity contribution is 5.98. The van der Waals surface area contributed by atoms with Crippen LogP contribution in [0.2, 0.25) is 0 Å². The van der Waals surface area contributed by atoms with E-state index < -0.39 is 0 Å². The van der Waals surface area contributed by atoms with E-state index in [9.17, 15) is 4.79 Å². The predicted molar refractivity (Wildman–Crippen MR) is 69.6 cm³/mol. The van der Waals surface area contributed by atoms with E-state index in [0.717, 1.165) is 5.69 Å². The van der Waals surface area contributed by atoms with E-state index >= 15 is 0 Å². The van der Waals surface area contributed by atoms with Crippen LogP contribution in [0.25, 0.3) is 0 Å². The van der Waals surface area contributed by atoms with Gasteiger partial charge < -0.3 is 15.4 Å². The number of anilines is 2. The second-order valence-corrected chi connectivity index (χ2v) is 4.03. The molecular formula is C13H12N4O2. The molecule has 3 rings (SSSR count). The van der Waals surface area contributed by atoms with E-state index in [-0.39, 0.29) is 5.91 Å². The van der Waals surface area contributed by atoms with Crippen molar-refractivity contribution in [1.82, 2.24) is 15.3 Å². The van der Waals surface area contributed by atoms with Gasteiger partial charge in [-0.05, 0) is 24.3 Å². The molecular weight excluding hydrogens is 244 g/mol. The van der Waals surface area contributed by atoms with Crippen molar-refractivity contribution in [1.29, 1.82) is 0 Å². The summed E-state index contributed by atoms with van der Waals surface area (Å²) < 4.78 is 5.49. The Balaban J connectivity index is 1.90. The summed E-state index contributed by atoms with van der Waals surface area (Å²) in [5, 5.41) is 5.88. The summed E-state index contributed by atoms with van der Waals surface area (Å²) in [6, 6.07) is 7.13. The molecule has 96 valence electrons. The van der Waals surface area contributed by atoms with Gasteiger partial charge in [-0.1, -0.05) is 0 Å². The highest BCUT2D eigenvalue weighted by Gasteiger charge is 2.16. The van der Waals surface area contributed by atoms with Crippen molar-refractivity contribution in [3.63, 3.8) is 0 Å². The minimum absolute atomic E-state index is 0.126. The van der Waals surface area contributed by atoms with E-state index in [2.05, 4.69) is 20.6 Å². The minimum atomic E-state index is -0.126. The molecule has 0 saturated heterocycles. The summed E-state index contributed by atoms with van der Waals surface area (Å²) in [5.74, 6) is 1.15. The number of aromatic nitrogens is 2. The van der Waals surface area contributed by atoms with E-state index in [1.807, 2.05) is 6.07 Å². The summed E-state index contributed by atoms with van der Waals surface area (Å²) in [5.41, 5.74) is 1.30. The zero-order valence-corrected chi connectivity index (χ0v) is 10.1. The normalized spacial score (nSPS) is 13.8. The Morgan fingerprint density at radius 1 is 1.32 bits per heavy atom. The smallest absolute Gasteiger partial charge is 0.255 e. The molecule has 1 aliphatic rings. The zero-order valence-electron chi connectivity index (χ0n) is 10.1. The molecule has 2 aromatic rings. The quantitative estimate of drug-likeness (QED) is 0.848. The summed E-state index contributed by atoms with van der Waals surface area (Å²) in [6.07, 6.45) is 3.11. The number of nitrogens with one attached hydrogen (secondary N) is 2. The van der Waals surface area contributed by atoms with Gasteiger partial charge in [-0.15, -0.1) is 0 Å². The average molecular weight is 256 g/mol. The van der Waals surface area contributed by atoms with Gasteiger partial charge in [0.25, 0.3) is 5.91 Å². The van der Waals surface area contributed by atoms with Crippen molar-refractivity contribution in [3.05, 3.63) is 42.4 Å². The molecule has 0 saturated carbocycles. The van der Waals surface area contributed by atoms with Crippen LogP contribution in [0.3, 0.4) is 0 Å². The first-order valence-corrected chi connectivity index (χ1v) is 5.91. The van der Waals surface area contributed by atoms with Crippen LogP contribution in [0.5, 0.6) is 5.75 Å². The fourth-order valence-corrected chi connectivity index (χ4v) is 1.84. The molecule has 0 fully saturated rings. The number of amides is 1. The van der Waals surface area contributed by atoms with E-state index in [0.29, 0.717) is 30.3 Å². The second kappa shape index (κ2) is 4.93. The molecule has 2 heterocycles. The molecule has 0 bridgehead atoms. The van der Waals surface area contributed by atoms with Crippen molar-refractivity contribution >= 4 is 17.4 Å². The fraction of sp³-hybridized carbons (Fsp3) is 0.154. The minimum Gasteiger partial charge on any atom is -0.491 e. The lowest BCUT2D eigenvalue weighted by atomic mass is 10.1. The Hall–Kier alpha value is -2.63. The molecule has 6 heteroatoms. The Kier molecular flexibility index (Phi) is 2.97. The molecule has 2 N–H and O–H groups in total. The number of rotatable bonds is 2. The van der Waals surface area contributed by atoms with Gasteiger partial charge in [0, 0.05) is 11.9 Å². The maximum Gasteiger partial charge on any atom is 0.255 e. The van der Waals surface area contributed by atoms with Crippen LogP contribution in [0.15, 0.2) is 36.8 Å². The number of hydrogen-bond donors (Lipinski definition) is 2. The zero-order chi connectivity index (χ0) is 13.1. The average Bonchev–Trinajstić information content (AvgIpc) is 2.62. The Labute approximate surface area is 109 Å². The van der Waals surface area contributed by atoms with Gasteiger partial charge in [0.1, 0.15) is 24.5 Å². The molecule has 0 radical (unpaired) electrons. The van der Waals surface area contributed by atoms with E-state index in [1.54, 1.807) is 24.4 Å². The third-order valence-corrected chi connectivity index (χ3v) is 2.72. The highest BCUT2D eigenvalue weighted by atomic mass is 16.5. The van der Waals surface area contributed by atoms with Crippen molar-refractivity contribution in [2.45, 2.75) is 0 Å². The maximum atomic E-state index is 11.9. The molecule has 1 aromatic heterocycles. The molecule has 1 amide bonds. The fourth-order valence-electron chi connectivity index (χ4n) is 1.84. The Bertz CT molecular complexity index is 601. The van der Waals surface area contributed by atoms with Crippen LogP contribution in [0.4, 0.5) is 11.5 Å². The maximum absolute atomic E-state index is 11.9. The third-order valence-electron chi connectivity index (χ3n) is 2.72. The van der Waals surface area contributed by atoms with Crippen LogP contribution < -0.4 is 15.4 Å². The number of benzene rings is 1. The molecule has 1 aromatic carbocycles. The number of hydrogen-bond acceptors (Lipinski definition) is 5. The van der Waals surface area contributed by atoms with Crippen molar-refractivity contribution < 1.29 is 9.53 Å². The standard InChI is InChI=1S/C13H12N4O2/c18-13-10-7-9(17-12-3-4-14-8-16-12)1-2-11(10)19-6-5-15-13/h1-4,7-8H,5-6H2,(H,15,18)(H,14,16,17). The predicted octanol–water partition coefficient (Wildman–Crippen LogP) is 1.34. The van der Waals surface area contributed by atoms with Crippen molar-refractivity contribution in [2.24, 2.45) is 0 Å². The van der Waals surface area contributed by atoms with E-state index in [4.69, 9.17) is 4.74 Å². The number of carbonyl (C=O) groups is 1. The first-order chi connectivity index (χ1) is 9.33. The van der Waals surface area contributed by atoms with Crippen molar-refractivity contribution in [2.75, 3.05) is 18.5 Å². The SMILES string of the molecule is O=C1NCCOc2ccc(Nc3ccncn3)cc21. The molecule has 0 spiro atoms. The largest absolute Gasteiger partial charge is 0.491 e. The van der Waals surface area contributed by atoms with Gasteiger partial charge in [-0.2, -0.15) is 0 Å². The van der Waals surface area contributed by atoms with Gasteiger partial charge >= 0.3 is 0 Å². The number of carbonyl (C=O) groups excluding carboxylic acids is 1. The summed E-state index contributed by atoms with van der Waals surface area (Å²) in [6.45, 7) is 1.000. The van der Waals surface area contributed by atoms with Gasteiger partial charge in [-0.25, -0.2) is 9.97 Å². The van der Waals surface area contributed by atoms with Gasteiger partial charge in [0.15, 0.2) is 0 Å². The lowest BCUT2D eigenvalue weighted by Gasteiger charge is -2.09. The molecule has 0 unspecified atom stereocenters. The van der Waals surface area contributed by atoms with Crippen LogP contribution in [0, 0.1) is 0 Å². The summed E-state index contributed by atoms with van der Waals surface area (Å²) in [7, 11) is 0. The Morgan fingerprint density at radius 2 is 2.26 bits per heavy atom. The summed E-state index contributed by atoms with van der Waals surface area (Å²) in [4.78, 5) is 19.8. The van der Waals surface area contributed by atoms with Crippen LogP contribution >= 0.6 is 0 Å². The monoisotopic (exact) mass is 256 g/mol. The Morgan fingerprint density at radius 3 is 3.11 bits per heavy atom. The van der Waals surface area contributed by atoms with Crippen LogP contribution in [-0.4, -0.2) is 29.0 Å². The molecule has 6 nitrogen and oxygen atoms in total. The van der Waals surface area contributed by atoms with Gasteiger partial charge in [0.05, 0.1) is 12.1 Å². The number of ether oxygens (including phenoxy) is 1. The lowest BCUT2D eigenvalue weighted by Crippen LogP contribution is -2.24. The summed E-state index contributed by atoms with van der Waals surface area (Å²) >= 11 is 0. The number of fused-ring (bicyclic) bond motifs is 1. The van der Waals surface area contributed by atoms with Crippen molar-refractivity contribution in [3.8, 4) is 5.75 Å². The molecule has 19 heavy (non-hydrogen) atoms. The molecule has 1 aliphatic heterocycles. The highest BCUT2D eigenvalue weighted by Crippen LogP contribution is 2.25. The topological polar surface area (TPSA) is 76.1 Å².